The molecule has 4 heteroatoms. The quantitative estimate of drug-likeness (QED) is 0.150. The topological polar surface area (TPSA) is 38.7 Å². The highest BCUT2D eigenvalue weighted by Crippen LogP contribution is 2.46. The number of para-hydroxylation sites is 1. The Bertz CT molecular complexity index is 3550. The van der Waals surface area contributed by atoms with Crippen LogP contribution in [0.2, 0.25) is 0 Å². The van der Waals surface area contributed by atoms with Crippen LogP contribution >= 0.6 is 11.3 Å². The minimum atomic E-state index is 0.690. The minimum absolute atomic E-state index is 0.690. The van der Waals surface area contributed by atoms with Gasteiger partial charge in [0.25, 0.3) is 0 Å². The smallest absolute Gasteiger partial charge is 0.160 e. The number of hydrogen-bond acceptors (Lipinski definition) is 4. The van der Waals surface area contributed by atoms with Crippen molar-refractivity contribution in [1.29, 1.82) is 0 Å². The van der Waals surface area contributed by atoms with Gasteiger partial charge in [0.05, 0.1) is 22.6 Å². The third kappa shape index (κ3) is 6.65. The van der Waals surface area contributed by atoms with E-state index in [0.29, 0.717) is 5.82 Å². The average Bonchev–Trinajstić information content (AvgIpc) is 3.76. The molecule has 0 aliphatic carbocycles. The maximum absolute atomic E-state index is 5.26. The van der Waals surface area contributed by atoms with Gasteiger partial charge < -0.3 is 0 Å². The highest BCUT2D eigenvalue weighted by atomic mass is 32.1. The van der Waals surface area contributed by atoms with E-state index >= 15 is 0 Å². The van der Waals surface area contributed by atoms with Crippen LogP contribution in [-0.4, -0.2) is 15.0 Å². The molecule has 294 valence electrons. The van der Waals surface area contributed by atoms with Crippen molar-refractivity contribution in [2.24, 2.45) is 0 Å². The lowest BCUT2D eigenvalue weighted by atomic mass is 9.97. The first-order valence-corrected chi connectivity index (χ1v) is 22.1. The normalized spacial score (nSPS) is 11.5. The molecular weight excluding hydrogens is 783 g/mol. The number of aromatic nitrogens is 3. The van der Waals surface area contributed by atoms with Crippen LogP contribution in [0.15, 0.2) is 224 Å². The zero-order valence-corrected chi connectivity index (χ0v) is 34.9. The fourth-order valence-electron chi connectivity index (χ4n) is 8.98. The van der Waals surface area contributed by atoms with Crippen molar-refractivity contribution in [3.63, 3.8) is 0 Å². The van der Waals surface area contributed by atoms with Crippen LogP contribution in [0, 0.1) is 0 Å². The number of benzene rings is 9. The first-order chi connectivity index (χ1) is 31.2. The van der Waals surface area contributed by atoms with Gasteiger partial charge in [-0.2, -0.15) is 0 Å². The van der Waals surface area contributed by atoms with Gasteiger partial charge in [0.2, 0.25) is 0 Å². The molecule has 63 heavy (non-hydrogen) atoms. The summed E-state index contributed by atoms with van der Waals surface area (Å²) in [6, 6.07) is 79.6. The second-order valence-electron chi connectivity index (χ2n) is 15.9. The number of rotatable bonds is 7. The van der Waals surface area contributed by atoms with Crippen molar-refractivity contribution < 1.29 is 0 Å². The van der Waals surface area contributed by atoms with Crippen LogP contribution in [0.4, 0.5) is 0 Å². The molecule has 0 atom stereocenters. The summed E-state index contributed by atoms with van der Waals surface area (Å²) in [6.07, 6.45) is 0. The van der Waals surface area contributed by atoms with Gasteiger partial charge in [-0.1, -0.05) is 200 Å². The summed E-state index contributed by atoms with van der Waals surface area (Å²) in [4.78, 5) is 15.7. The van der Waals surface area contributed by atoms with Crippen molar-refractivity contribution in [1.82, 2.24) is 15.0 Å². The minimum Gasteiger partial charge on any atom is -0.247 e. The van der Waals surface area contributed by atoms with E-state index < -0.39 is 0 Å². The Kier molecular flexibility index (Phi) is 9.02. The van der Waals surface area contributed by atoms with Gasteiger partial charge >= 0.3 is 0 Å². The van der Waals surface area contributed by atoms with E-state index in [1.807, 2.05) is 17.4 Å². The molecular formula is C59H37N3S. The zero-order valence-electron chi connectivity index (χ0n) is 34.1. The number of fused-ring (bicyclic) bond motifs is 7. The molecule has 3 heterocycles. The Labute approximate surface area is 369 Å². The molecule has 0 unspecified atom stereocenters. The van der Waals surface area contributed by atoms with Crippen molar-refractivity contribution in [3.05, 3.63) is 224 Å². The molecule has 0 spiro atoms. The van der Waals surface area contributed by atoms with Crippen molar-refractivity contribution >= 4 is 53.2 Å². The molecule has 0 amide bonds. The summed E-state index contributed by atoms with van der Waals surface area (Å²) in [7, 11) is 0. The predicted octanol–water partition coefficient (Wildman–Crippen LogP) is 16.2. The molecule has 12 aromatic rings. The molecule has 9 aromatic carbocycles. The first kappa shape index (κ1) is 36.8. The molecule has 0 fully saturated rings. The third-order valence-electron chi connectivity index (χ3n) is 12.1. The first-order valence-electron chi connectivity index (χ1n) is 21.3. The second-order valence-corrected chi connectivity index (χ2v) is 16.9. The molecule has 0 N–H and O–H groups in total. The Morgan fingerprint density at radius 2 is 0.794 bits per heavy atom. The number of pyridine rings is 1. The van der Waals surface area contributed by atoms with Gasteiger partial charge in [0.1, 0.15) is 0 Å². The van der Waals surface area contributed by atoms with Crippen molar-refractivity contribution in [3.8, 4) is 78.5 Å². The summed E-state index contributed by atoms with van der Waals surface area (Å²) >= 11 is 1.88. The van der Waals surface area contributed by atoms with Gasteiger partial charge in [0.15, 0.2) is 5.82 Å². The van der Waals surface area contributed by atoms with Gasteiger partial charge in [0, 0.05) is 58.6 Å². The summed E-state index contributed by atoms with van der Waals surface area (Å²) in [5.74, 6) is 0.690. The molecule has 0 aliphatic heterocycles. The predicted molar refractivity (Wildman–Crippen MR) is 266 cm³/mol. The summed E-state index contributed by atoms with van der Waals surface area (Å²) in [6.45, 7) is 0. The highest BCUT2D eigenvalue weighted by Gasteiger charge is 2.18. The van der Waals surface area contributed by atoms with Crippen molar-refractivity contribution in [2.75, 3.05) is 0 Å². The molecule has 0 bridgehead atoms. The van der Waals surface area contributed by atoms with E-state index in [9.17, 15) is 0 Å². The second kappa shape index (κ2) is 15.4. The fraction of sp³-hybridized carbons (Fsp3) is 0. The van der Waals surface area contributed by atoms with E-state index in [2.05, 4.69) is 218 Å². The third-order valence-corrected chi connectivity index (χ3v) is 13.4. The van der Waals surface area contributed by atoms with E-state index in [-0.39, 0.29) is 0 Å². The molecule has 12 rings (SSSR count). The standard InChI is InChI=1S/C59H37N3S/c1-4-15-38(16-5-1)43-21-12-23-45(35-43)54-37-53(61-59(62-54)46-24-13-22-44(36-46)39-17-6-2-7-18-39)41-31-29-40(30-32-41)47-26-14-27-48-49-33-34-51-55(58(49)63-57(47)48)50-25-10-11-28-52(50)60-56(51)42-19-8-3-9-20-42/h1-37H. The zero-order chi connectivity index (χ0) is 41.7. The maximum Gasteiger partial charge on any atom is 0.160 e. The van der Waals surface area contributed by atoms with E-state index in [1.54, 1.807) is 0 Å². The van der Waals surface area contributed by atoms with Crippen molar-refractivity contribution in [2.45, 2.75) is 0 Å². The van der Waals surface area contributed by atoms with Crippen LogP contribution < -0.4 is 0 Å². The van der Waals surface area contributed by atoms with E-state index in [0.717, 1.165) is 67.1 Å². The average molecular weight is 820 g/mol. The monoisotopic (exact) mass is 819 g/mol. The van der Waals surface area contributed by atoms with Gasteiger partial charge in [-0.05, 0) is 57.6 Å². The van der Waals surface area contributed by atoms with Gasteiger partial charge in [-0.25, -0.2) is 15.0 Å². The van der Waals surface area contributed by atoms with Crippen LogP contribution in [0.5, 0.6) is 0 Å². The Hall–Kier alpha value is -8.05. The molecule has 0 radical (unpaired) electrons. The Morgan fingerprint density at radius 3 is 1.51 bits per heavy atom. The summed E-state index contributed by atoms with van der Waals surface area (Å²) < 4.78 is 2.56. The number of thiophene rings is 1. The Morgan fingerprint density at radius 1 is 0.286 bits per heavy atom. The number of nitrogens with zero attached hydrogens (tertiary/aromatic N) is 3. The van der Waals surface area contributed by atoms with Gasteiger partial charge in [-0.15, -0.1) is 11.3 Å². The molecule has 0 saturated carbocycles. The maximum atomic E-state index is 5.26. The van der Waals surface area contributed by atoms with Crippen LogP contribution in [0.25, 0.3) is 120 Å². The molecule has 0 saturated heterocycles. The van der Waals surface area contributed by atoms with Crippen LogP contribution in [0.1, 0.15) is 0 Å². The highest BCUT2D eigenvalue weighted by molar-refractivity contribution is 7.27. The lowest BCUT2D eigenvalue weighted by Crippen LogP contribution is -1.96. The van der Waals surface area contributed by atoms with Crippen LogP contribution in [-0.2, 0) is 0 Å². The lowest BCUT2D eigenvalue weighted by molar-refractivity contribution is 1.18. The molecule has 3 aromatic heterocycles. The molecule has 0 aliphatic rings. The Balaban J connectivity index is 0.982. The molecule has 3 nitrogen and oxygen atoms in total. The van der Waals surface area contributed by atoms with E-state index in [1.165, 1.54) is 47.5 Å². The SMILES string of the molecule is c1ccc(-c2cccc(-c3cc(-c4ccc(-c5cccc6c5sc5c6ccc6c(-c7ccccc7)nc7ccccc7c65)cc4)nc(-c4cccc(-c5ccccc5)c4)n3)c2)cc1. The van der Waals surface area contributed by atoms with Crippen LogP contribution in [0.3, 0.4) is 0 Å². The largest absolute Gasteiger partial charge is 0.247 e. The summed E-state index contributed by atoms with van der Waals surface area (Å²) in [5.41, 5.74) is 14.9. The number of hydrogen-bond donors (Lipinski definition) is 0. The lowest BCUT2D eigenvalue weighted by Gasteiger charge is -2.12. The van der Waals surface area contributed by atoms with E-state index in [4.69, 9.17) is 15.0 Å². The summed E-state index contributed by atoms with van der Waals surface area (Å²) in [5, 5.41) is 6.15. The fourth-order valence-corrected chi connectivity index (χ4v) is 10.4. The van der Waals surface area contributed by atoms with Gasteiger partial charge in [-0.3, -0.25) is 0 Å².